The van der Waals surface area contributed by atoms with Crippen LogP contribution in [0.4, 0.5) is 0 Å². The lowest BCUT2D eigenvalue weighted by atomic mass is 9.99. The Balaban J connectivity index is 1.77. The molecule has 5 atom stereocenters. The molecule has 2 aliphatic rings. The van der Waals surface area contributed by atoms with Crippen molar-refractivity contribution in [2.75, 3.05) is 26.9 Å². The number of rotatable bonds is 12. The van der Waals surface area contributed by atoms with Gasteiger partial charge in [0.15, 0.2) is 5.79 Å². The van der Waals surface area contributed by atoms with Gasteiger partial charge >= 0.3 is 0 Å². The van der Waals surface area contributed by atoms with Crippen molar-refractivity contribution in [2.24, 2.45) is 0 Å². The maximum absolute atomic E-state index is 6.37. The van der Waals surface area contributed by atoms with Gasteiger partial charge in [0.25, 0.3) is 0 Å². The van der Waals surface area contributed by atoms with Crippen molar-refractivity contribution in [1.82, 2.24) is 0 Å². The summed E-state index contributed by atoms with van der Waals surface area (Å²) in [5, 5.41) is 0. The highest BCUT2D eigenvalue weighted by atomic mass is 16.8. The van der Waals surface area contributed by atoms with Crippen molar-refractivity contribution in [2.45, 2.75) is 89.9 Å². The first-order valence-electron chi connectivity index (χ1n) is 11.5. The second-order valence-electron chi connectivity index (χ2n) is 8.52. The van der Waals surface area contributed by atoms with Gasteiger partial charge in [-0.1, -0.05) is 26.7 Å². The molecular weight excluding hydrogens is 400 g/mol. The Kier molecular flexibility index (Phi) is 8.98. The molecule has 2 fully saturated rings. The van der Waals surface area contributed by atoms with Gasteiger partial charge < -0.3 is 33.2 Å². The Morgan fingerprint density at radius 1 is 0.903 bits per heavy atom. The van der Waals surface area contributed by atoms with Gasteiger partial charge in [0, 0.05) is 13.2 Å². The zero-order chi connectivity index (χ0) is 22.3. The fraction of sp³-hybridized carbons (Fsp3) is 0.750. The van der Waals surface area contributed by atoms with Crippen molar-refractivity contribution in [3.8, 4) is 11.5 Å². The van der Waals surface area contributed by atoms with Crippen LogP contribution in [-0.4, -0.2) is 63.4 Å². The molecule has 0 amide bonds. The summed E-state index contributed by atoms with van der Waals surface area (Å²) in [7, 11) is 1.64. The van der Waals surface area contributed by atoms with Crippen LogP contribution in [0.2, 0.25) is 0 Å². The smallest absolute Gasteiger partial charge is 0.229 e. The van der Waals surface area contributed by atoms with Gasteiger partial charge in [-0.05, 0) is 51.0 Å². The second-order valence-corrected chi connectivity index (χ2v) is 8.52. The van der Waals surface area contributed by atoms with E-state index in [2.05, 4.69) is 13.8 Å². The summed E-state index contributed by atoms with van der Waals surface area (Å²) in [5.41, 5.74) is 0. The summed E-state index contributed by atoms with van der Waals surface area (Å²) in [6, 6.07) is 7.44. The van der Waals surface area contributed by atoms with Crippen LogP contribution in [0.25, 0.3) is 0 Å². The van der Waals surface area contributed by atoms with E-state index < -0.39 is 18.2 Å². The Labute approximate surface area is 186 Å². The van der Waals surface area contributed by atoms with Crippen LogP contribution < -0.4 is 9.47 Å². The Morgan fingerprint density at radius 2 is 1.55 bits per heavy atom. The standard InChI is InChI=1S/C24H38O7/c1-6-8-14-26-16-19-20-21(31-24(3,4)30-20)22(27-15-9-7-2)23(29-19)28-18-12-10-17(25-5)11-13-18/h10-13,19-23H,6-9,14-16H2,1-5H3/t19?,20-,21?,22?,23+/m0/s1. The molecule has 0 spiro atoms. The Hall–Kier alpha value is -1.38. The third-order valence-corrected chi connectivity index (χ3v) is 5.48. The van der Waals surface area contributed by atoms with Crippen LogP contribution in [0, 0.1) is 0 Å². The predicted molar refractivity (Wildman–Crippen MR) is 116 cm³/mol. The van der Waals surface area contributed by atoms with E-state index in [9.17, 15) is 0 Å². The second kappa shape index (κ2) is 11.5. The molecule has 0 aliphatic carbocycles. The fourth-order valence-corrected chi connectivity index (χ4v) is 3.84. The number of hydrogen-bond donors (Lipinski definition) is 0. The molecule has 31 heavy (non-hydrogen) atoms. The minimum atomic E-state index is -0.721. The van der Waals surface area contributed by atoms with Gasteiger partial charge in [0.1, 0.15) is 35.9 Å². The van der Waals surface area contributed by atoms with Crippen molar-refractivity contribution in [3.63, 3.8) is 0 Å². The number of ether oxygens (including phenoxy) is 7. The third-order valence-electron chi connectivity index (χ3n) is 5.48. The number of unbranched alkanes of at least 4 members (excludes halogenated alkanes) is 2. The molecule has 3 unspecified atom stereocenters. The summed E-state index contributed by atoms with van der Waals surface area (Å²) in [5.74, 6) is 0.725. The molecule has 0 bridgehead atoms. The first kappa shape index (κ1) is 24.3. The highest BCUT2D eigenvalue weighted by molar-refractivity contribution is 5.31. The summed E-state index contributed by atoms with van der Waals surface area (Å²) >= 11 is 0. The van der Waals surface area contributed by atoms with Crippen molar-refractivity contribution in [1.29, 1.82) is 0 Å². The van der Waals surface area contributed by atoms with Gasteiger partial charge in [-0.25, -0.2) is 0 Å². The van der Waals surface area contributed by atoms with E-state index in [1.54, 1.807) is 7.11 Å². The lowest BCUT2D eigenvalue weighted by Gasteiger charge is -2.41. The highest BCUT2D eigenvalue weighted by Crippen LogP contribution is 2.39. The molecule has 0 aromatic heterocycles. The lowest BCUT2D eigenvalue weighted by Crippen LogP contribution is -2.60. The van der Waals surface area contributed by atoms with Crippen LogP contribution in [0.3, 0.4) is 0 Å². The van der Waals surface area contributed by atoms with E-state index in [4.69, 9.17) is 33.2 Å². The maximum Gasteiger partial charge on any atom is 0.229 e. The molecule has 7 nitrogen and oxygen atoms in total. The van der Waals surface area contributed by atoms with Gasteiger partial charge in [-0.15, -0.1) is 0 Å². The zero-order valence-corrected chi connectivity index (χ0v) is 19.5. The molecule has 0 N–H and O–H groups in total. The predicted octanol–water partition coefficient (Wildman–Crippen LogP) is 4.32. The molecule has 0 radical (unpaired) electrons. The quantitative estimate of drug-likeness (QED) is 0.450. The van der Waals surface area contributed by atoms with Crippen molar-refractivity contribution >= 4 is 0 Å². The topological polar surface area (TPSA) is 64.6 Å². The molecule has 1 aromatic carbocycles. The lowest BCUT2D eigenvalue weighted by molar-refractivity contribution is -0.268. The third kappa shape index (κ3) is 6.56. The largest absolute Gasteiger partial charge is 0.497 e. The summed E-state index contributed by atoms with van der Waals surface area (Å²) in [6.07, 6.45) is 2.16. The molecule has 2 heterocycles. The van der Waals surface area contributed by atoms with Gasteiger partial charge in [-0.3, -0.25) is 0 Å². The molecular formula is C24H38O7. The number of fused-ring (bicyclic) bond motifs is 1. The minimum absolute atomic E-state index is 0.279. The highest BCUT2D eigenvalue weighted by Gasteiger charge is 2.56. The minimum Gasteiger partial charge on any atom is -0.497 e. The molecule has 0 saturated carbocycles. The number of hydrogen-bond acceptors (Lipinski definition) is 7. The van der Waals surface area contributed by atoms with Crippen molar-refractivity contribution < 1.29 is 33.2 Å². The molecule has 7 heteroatoms. The SMILES string of the molecule is CCCCOCC1O[C@@H](Oc2ccc(OC)cc2)C(OCCCC)C2OC(C)(C)O[C@@H]12. The van der Waals surface area contributed by atoms with E-state index in [1.165, 1.54) is 0 Å². The Bertz CT molecular complexity index is 648. The molecule has 176 valence electrons. The van der Waals surface area contributed by atoms with E-state index >= 15 is 0 Å². The summed E-state index contributed by atoms with van der Waals surface area (Å²) in [4.78, 5) is 0. The first-order chi connectivity index (χ1) is 15.0. The van der Waals surface area contributed by atoms with Gasteiger partial charge in [0.05, 0.1) is 13.7 Å². The Morgan fingerprint density at radius 3 is 2.23 bits per heavy atom. The fourth-order valence-electron chi connectivity index (χ4n) is 3.84. The van der Waals surface area contributed by atoms with E-state index in [0.29, 0.717) is 25.6 Å². The van der Waals surface area contributed by atoms with E-state index in [0.717, 1.165) is 31.4 Å². The molecule has 2 saturated heterocycles. The normalized spacial score (nSPS) is 29.5. The van der Waals surface area contributed by atoms with Crippen LogP contribution in [0.1, 0.15) is 53.4 Å². The summed E-state index contributed by atoms with van der Waals surface area (Å²) < 4.78 is 42.4. The van der Waals surface area contributed by atoms with Crippen LogP contribution in [-0.2, 0) is 23.7 Å². The summed E-state index contributed by atoms with van der Waals surface area (Å²) in [6.45, 7) is 9.84. The monoisotopic (exact) mass is 438 g/mol. The first-order valence-corrected chi connectivity index (χ1v) is 11.5. The van der Waals surface area contributed by atoms with Crippen molar-refractivity contribution in [3.05, 3.63) is 24.3 Å². The van der Waals surface area contributed by atoms with Gasteiger partial charge in [0.2, 0.25) is 6.29 Å². The van der Waals surface area contributed by atoms with Crippen LogP contribution in [0.5, 0.6) is 11.5 Å². The average Bonchev–Trinajstić information content (AvgIpc) is 3.09. The maximum atomic E-state index is 6.37. The van der Waals surface area contributed by atoms with E-state index in [-0.39, 0.29) is 18.3 Å². The van der Waals surface area contributed by atoms with Gasteiger partial charge in [-0.2, -0.15) is 0 Å². The number of methoxy groups -OCH3 is 1. The average molecular weight is 439 g/mol. The van der Waals surface area contributed by atoms with Crippen LogP contribution >= 0.6 is 0 Å². The van der Waals surface area contributed by atoms with E-state index in [1.807, 2.05) is 38.1 Å². The molecule has 3 rings (SSSR count). The zero-order valence-electron chi connectivity index (χ0n) is 19.5. The number of benzene rings is 1. The molecule has 2 aliphatic heterocycles. The molecule has 1 aromatic rings. The van der Waals surface area contributed by atoms with Crippen LogP contribution in [0.15, 0.2) is 24.3 Å².